The molecule has 0 heterocycles. The van der Waals surface area contributed by atoms with Gasteiger partial charge in [-0.05, 0) is 60.1 Å². The van der Waals surface area contributed by atoms with Gasteiger partial charge in [-0.2, -0.15) is 0 Å². The highest BCUT2D eigenvalue weighted by atomic mass is 32.2. The van der Waals surface area contributed by atoms with Gasteiger partial charge in [-0.15, -0.1) is 0 Å². The minimum atomic E-state index is -3.76. The van der Waals surface area contributed by atoms with E-state index in [0.717, 1.165) is 29.5 Å². The van der Waals surface area contributed by atoms with Crippen LogP contribution in [0.15, 0.2) is 83.8 Å². The molecule has 0 amide bonds. The van der Waals surface area contributed by atoms with Crippen LogP contribution in [0.3, 0.4) is 0 Å². The molecular formula is C25H24O4S. The molecule has 0 saturated carbocycles. The van der Waals surface area contributed by atoms with Crippen LogP contribution in [0.5, 0.6) is 0 Å². The van der Waals surface area contributed by atoms with Gasteiger partial charge >= 0.3 is 5.97 Å². The van der Waals surface area contributed by atoms with E-state index in [0.29, 0.717) is 0 Å². The molecular weight excluding hydrogens is 396 g/mol. The molecule has 0 bridgehead atoms. The Bertz CT molecular complexity index is 1140. The van der Waals surface area contributed by atoms with Crippen LogP contribution in [0, 0.1) is 5.92 Å². The van der Waals surface area contributed by atoms with Gasteiger partial charge in [0.15, 0.2) is 9.84 Å². The van der Waals surface area contributed by atoms with Gasteiger partial charge < -0.3 is 5.11 Å². The van der Waals surface area contributed by atoms with E-state index in [4.69, 9.17) is 0 Å². The number of carboxylic acids is 1. The lowest BCUT2D eigenvalue weighted by Gasteiger charge is -2.30. The Morgan fingerprint density at radius 3 is 1.90 bits per heavy atom. The Balaban J connectivity index is 1.55. The highest BCUT2D eigenvalue weighted by Gasteiger charge is 2.42. The van der Waals surface area contributed by atoms with Gasteiger partial charge in [-0.25, -0.2) is 8.42 Å². The Labute approximate surface area is 177 Å². The van der Waals surface area contributed by atoms with Crippen LogP contribution < -0.4 is 0 Å². The SMILES string of the molecule is O=C(O)[C@H]1Cc2ccccc2CC1S(=O)(=O)c1ccc(CCc2ccccc2)cc1. The van der Waals surface area contributed by atoms with Crippen LogP contribution in [0.4, 0.5) is 0 Å². The topological polar surface area (TPSA) is 71.4 Å². The van der Waals surface area contributed by atoms with Gasteiger partial charge in [0.25, 0.3) is 0 Å². The zero-order chi connectivity index (χ0) is 21.1. The van der Waals surface area contributed by atoms with Crippen LogP contribution in [0.1, 0.15) is 22.3 Å². The van der Waals surface area contributed by atoms with E-state index < -0.39 is 27.0 Å². The van der Waals surface area contributed by atoms with Crippen molar-refractivity contribution in [2.45, 2.75) is 35.8 Å². The van der Waals surface area contributed by atoms with E-state index in [1.807, 2.05) is 54.6 Å². The molecule has 0 radical (unpaired) electrons. The highest BCUT2D eigenvalue weighted by molar-refractivity contribution is 7.92. The van der Waals surface area contributed by atoms with E-state index in [-0.39, 0.29) is 17.7 Å². The molecule has 1 N–H and O–H groups in total. The minimum absolute atomic E-state index is 0.196. The summed E-state index contributed by atoms with van der Waals surface area (Å²) < 4.78 is 26.7. The summed E-state index contributed by atoms with van der Waals surface area (Å²) in [5.74, 6) is -2.00. The molecule has 0 aliphatic heterocycles. The smallest absolute Gasteiger partial charge is 0.308 e. The fraction of sp³-hybridized carbons (Fsp3) is 0.240. The molecule has 0 spiro atoms. The fourth-order valence-electron chi connectivity index (χ4n) is 4.21. The summed E-state index contributed by atoms with van der Waals surface area (Å²) in [4.78, 5) is 12.1. The van der Waals surface area contributed by atoms with Crippen LogP contribution in [-0.2, 0) is 40.3 Å². The summed E-state index contributed by atoms with van der Waals surface area (Å²) >= 11 is 0. The number of hydrogen-bond donors (Lipinski definition) is 1. The third-order valence-corrected chi connectivity index (χ3v) is 8.16. The van der Waals surface area contributed by atoms with E-state index in [9.17, 15) is 18.3 Å². The highest BCUT2D eigenvalue weighted by Crippen LogP contribution is 2.33. The van der Waals surface area contributed by atoms with Crippen molar-refractivity contribution < 1.29 is 18.3 Å². The van der Waals surface area contributed by atoms with Crippen molar-refractivity contribution in [1.82, 2.24) is 0 Å². The number of sulfone groups is 1. The molecule has 3 aromatic carbocycles. The predicted octanol–water partition coefficient (Wildman–Crippen LogP) is 4.11. The maximum absolute atomic E-state index is 13.3. The van der Waals surface area contributed by atoms with Crippen LogP contribution in [-0.4, -0.2) is 24.7 Å². The Hall–Kier alpha value is -2.92. The largest absolute Gasteiger partial charge is 0.481 e. The standard InChI is InChI=1S/C25H24O4S/c26-25(27)23-16-20-8-4-5-9-21(20)17-24(23)30(28,29)22-14-12-19(13-15-22)11-10-18-6-2-1-3-7-18/h1-9,12-15,23-24H,10-11,16-17H2,(H,26,27)/t23-,24?/m0/s1. The number of benzene rings is 3. The average molecular weight is 421 g/mol. The number of fused-ring (bicyclic) bond motifs is 1. The third-order valence-electron chi connectivity index (χ3n) is 5.94. The summed E-state index contributed by atoms with van der Waals surface area (Å²) in [6.07, 6.45) is 2.17. The summed E-state index contributed by atoms with van der Waals surface area (Å²) in [5, 5.41) is 8.74. The summed E-state index contributed by atoms with van der Waals surface area (Å²) in [6.45, 7) is 0. The molecule has 1 aliphatic carbocycles. The molecule has 0 aromatic heterocycles. The Morgan fingerprint density at radius 2 is 1.30 bits per heavy atom. The van der Waals surface area contributed by atoms with E-state index in [1.165, 1.54) is 5.56 Å². The first kappa shape index (κ1) is 20.4. The lowest BCUT2D eigenvalue weighted by atomic mass is 9.83. The van der Waals surface area contributed by atoms with Crippen molar-refractivity contribution in [3.8, 4) is 0 Å². The first-order valence-corrected chi connectivity index (χ1v) is 11.7. The van der Waals surface area contributed by atoms with Crippen molar-refractivity contribution >= 4 is 15.8 Å². The summed E-state index contributed by atoms with van der Waals surface area (Å²) in [6, 6.07) is 24.6. The predicted molar refractivity (Wildman–Crippen MR) is 116 cm³/mol. The molecule has 5 heteroatoms. The number of hydrogen-bond acceptors (Lipinski definition) is 3. The first-order valence-electron chi connectivity index (χ1n) is 10.1. The second-order valence-electron chi connectivity index (χ2n) is 7.83. The molecule has 1 aliphatic rings. The zero-order valence-corrected chi connectivity index (χ0v) is 17.4. The zero-order valence-electron chi connectivity index (χ0n) is 16.6. The van der Waals surface area contributed by atoms with Gasteiger partial charge in [0.05, 0.1) is 16.1 Å². The van der Waals surface area contributed by atoms with Crippen molar-refractivity contribution in [2.24, 2.45) is 5.92 Å². The van der Waals surface area contributed by atoms with Crippen molar-refractivity contribution in [1.29, 1.82) is 0 Å². The lowest BCUT2D eigenvalue weighted by Crippen LogP contribution is -2.41. The van der Waals surface area contributed by atoms with Crippen LogP contribution in [0.2, 0.25) is 0 Å². The fourth-order valence-corrected chi connectivity index (χ4v) is 6.12. The number of carboxylic acid groups (broad SMARTS) is 1. The van der Waals surface area contributed by atoms with Gasteiger partial charge in [0.2, 0.25) is 0 Å². The van der Waals surface area contributed by atoms with E-state index in [2.05, 4.69) is 12.1 Å². The number of carbonyl (C=O) groups is 1. The maximum atomic E-state index is 13.3. The van der Waals surface area contributed by atoms with E-state index in [1.54, 1.807) is 12.1 Å². The summed E-state index contributed by atoms with van der Waals surface area (Å²) in [7, 11) is -3.76. The van der Waals surface area contributed by atoms with Crippen LogP contribution in [0.25, 0.3) is 0 Å². The molecule has 0 fully saturated rings. The molecule has 4 rings (SSSR count). The number of aliphatic carboxylic acids is 1. The monoisotopic (exact) mass is 420 g/mol. The van der Waals surface area contributed by atoms with Gasteiger partial charge in [0.1, 0.15) is 0 Å². The van der Waals surface area contributed by atoms with Crippen molar-refractivity contribution in [3.05, 3.63) is 101 Å². The van der Waals surface area contributed by atoms with Gasteiger partial charge in [0, 0.05) is 0 Å². The molecule has 0 saturated heterocycles. The first-order chi connectivity index (χ1) is 14.4. The molecule has 2 atom stereocenters. The van der Waals surface area contributed by atoms with Crippen LogP contribution >= 0.6 is 0 Å². The lowest BCUT2D eigenvalue weighted by molar-refractivity contribution is -0.141. The molecule has 30 heavy (non-hydrogen) atoms. The number of aryl methyl sites for hydroxylation is 2. The normalized spacial score (nSPS) is 18.5. The minimum Gasteiger partial charge on any atom is -0.481 e. The van der Waals surface area contributed by atoms with E-state index >= 15 is 0 Å². The molecule has 1 unspecified atom stereocenters. The van der Waals surface area contributed by atoms with Crippen molar-refractivity contribution in [3.63, 3.8) is 0 Å². The average Bonchev–Trinajstić information content (AvgIpc) is 2.77. The quantitative estimate of drug-likeness (QED) is 0.651. The number of rotatable bonds is 6. The van der Waals surface area contributed by atoms with Gasteiger partial charge in [-0.3, -0.25) is 4.79 Å². The third kappa shape index (κ3) is 4.17. The Morgan fingerprint density at radius 1 is 0.767 bits per heavy atom. The maximum Gasteiger partial charge on any atom is 0.308 e. The Kier molecular flexibility index (Phi) is 5.73. The second-order valence-corrected chi connectivity index (χ2v) is 10.0. The molecule has 3 aromatic rings. The molecule has 154 valence electrons. The van der Waals surface area contributed by atoms with Crippen molar-refractivity contribution in [2.75, 3.05) is 0 Å². The molecule has 4 nitrogen and oxygen atoms in total. The summed E-state index contributed by atoms with van der Waals surface area (Å²) in [5.41, 5.74) is 4.14. The van der Waals surface area contributed by atoms with Gasteiger partial charge in [-0.1, -0.05) is 66.7 Å². The second kappa shape index (κ2) is 8.44.